The van der Waals surface area contributed by atoms with E-state index < -0.39 is 0 Å². The van der Waals surface area contributed by atoms with Gasteiger partial charge in [-0.3, -0.25) is 0 Å². The van der Waals surface area contributed by atoms with Crippen molar-refractivity contribution in [1.82, 2.24) is 5.32 Å². The van der Waals surface area contributed by atoms with Gasteiger partial charge in [0.1, 0.15) is 0 Å². The summed E-state index contributed by atoms with van der Waals surface area (Å²) in [5.74, 6) is 0.705. The second-order valence-electron chi connectivity index (χ2n) is 6.17. The fraction of sp³-hybridized carbons (Fsp3) is 0.368. The van der Waals surface area contributed by atoms with Crippen molar-refractivity contribution >= 4 is 0 Å². The molecule has 0 radical (unpaired) electrons. The van der Waals surface area contributed by atoms with Crippen LogP contribution in [0.15, 0.2) is 42.5 Å². The van der Waals surface area contributed by atoms with Crippen LogP contribution in [0.25, 0.3) is 11.1 Å². The maximum Gasteiger partial charge on any atom is 0.0214 e. The Bertz CT molecular complexity index is 598. The van der Waals surface area contributed by atoms with E-state index in [1.165, 1.54) is 27.8 Å². The fourth-order valence-corrected chi connectivity index (χ4v) is 3.12. The highest BCUT2D eigenvalue weighted by molar-refractivity contribution is 5.69. The van der Waals surface area contributed by atoms with Gasteiger partial charge in [0.2, 0.25) is 0 Å². The van der Waals surface area contributed by atoms with E-state index in [9.17, 15) is 0 Å². The molecule has 1 nitrogen and oxygen atoms in total. The Morgan fingerprint density at radius 2 is 1.95 bits per heavy atom. The van der Waals surface area contributed by atoms with Gasteiger partial charge in [-0.25, -0.2) is 0 Å². The minimum absolute atomic E-state index is 0.705. The Kier molecular flexibility index (Phi) is 3.88. The van der Waals surface area contributed by atoms with Crippen LogP contribution in [0.2, 0.25) is 0 Å². The maximum atomic E-state index is 3.50. The monoisotopic (exact) mass is 265 g/mol. The highest BCUT2D eigenvalue weighted by Crippen LogP contribution is 2.29. The van der Waals surface area contributed by atoms with Gasteiger partial charge in [0.05, 0.1) is 0 Å². The summed E-state index contributed by atoms with van der Waals surface area (Å²) in [6.07, 6.45) is 2.30. The molecule has 0 unspecified atom stereocenters. The van der Waals surface area contributed by atoms with Crippen molar-refractivity contribution in [1.29, 1.82) is 0 Å². The van der Waals surface area contributed by atoms with Gasteiger partial charge in [-0.1, -0.05) is 56.3 Å². The van der Waals surface area contributed by atoms with Gasteiger partial charge in [0.15, 0.2) is 0 Å². The molecule has 2 aromatic carbocycles. The van der Waals surface area contributed by atoms with E-state index in [1.54, 1.807) is 0 Å². The van der Waals surface area contributed by atoms with Crippen molar-refractivity contribution in [3.8, 4) is 11.1 Å². The van der Waals surface area contributed by atoms with Crippen LogP contribution in [0.5, 0.6) is 0 Å². The predicted octanol–water partition coefficient (Wildman–Crippen LogP) is 4.20. The summed E-state index contributed by atoms with van der Waals surface area (Å²) in [7, 11) is 0. The molecule has 0 aromatic heterocycles. The normalized spacial score (nSPS) is 14.3. The second-order valence-corrected chi connectivity index (χ2v) is 6.17. The number of nitrogens with one attached hydrogen (secondary N) is 1. The minimum Gasteiger partial charge on any atom is -0.312 e. The quantitative estimate of drug-likeness (QED) is 0.877. The molecule has 20 heavy (non-hydrogen) atoms. The molecule has 0 bridgehead atoms. The standard InChI is InChI=1S/C19H23N/c1-14(2)11-15-5-3-7-17(12-15)18-8-4-6-16-9-10-20-13-19(16)18/h3-8,12,14,20H,9-11,13H2,1-2H3. The molecule has 0 spiro atoms. The Labute approximate surface area is 122 Å². The van der Waals surface area contributed by atoms with Crippen LogP contribution in [0.4, 0.5) is 0 Å². The summed E-state index contributed by atoms with van der Waals surface area (Å²) in [5.41, 5.74) is 7.21. The maximum absolute atomic E-state index is 3.50. The largest absolute Gasteiger partial charge is 0.312 e. The first-order valence-electron chi connectivity index (χ1n) is 7.65. The number of rotatable bonds is 3. The molecule has 3 rings (SSSR count). The van der Waals surface area contributed by atoms with Crippen LogP contribution in [-0.4, -0.2) is 6.54 Å². The Balaban J connectivity index is 2.01. The highest BCUT2D eigenvalue weighted by Gasteiger charge is 2.13. The van der Waals surface area contributed by atoms with E-state index in [-0.39, 0.29) is 0 Å². The lowest BCUT2D eigenvalue weighted by atomic mass is 9.90. The van der Waals surface area contributed by atoms with Crippen LogP contribution in [0.1, 0.15) is 30.5 Å². The minimum atomic E-state index is 0.705. The highest BCUT2D eigenvalue weighted by atomic mass is 14.9. The molecule has 1 heterocycles. The Hall–Kier alpha value is -1.60. The molecule has 104 valence electrons. The van der Waals surface area contributed by atoms with Gasteiger partial charge in [-0.2, -0.15) is 0 Å². The zero-order valence-electron chi connectivity index (χ0n) is 12.4. The van der Waals surface area contributed by atoms with Crippen LogP contribution in [-0.2, 0) is 19.4 Å². The summed E-state index contributed by atoms with van der Waals surface area (Å²) in [4.78, 5) is 0. The topological polar surface area (TPSA) is 12.0 Å². The number of fused-ring (bicyclic) bond motifs is 1. The van der Waals surface area contributed by atoms with Gasteiger partial charge in [0, 0.05) is 6.54 Å². The first kappa shape index (κ1) is 13.4. The third-order valence-corrected chi connectivity index (χ3v) is 4.03. The molecule has 0 saturated heterocycles. The van der Waals surface area contributed by atoms with Crippen molar-refractivity contribution in [3.63, 3.8) is 0 Å². The number of hydrogen-bond acceptors (Lipinski definition) is 1. The molecule has 0 atom stereocenters. The summed E-state index contributed by atoms with van der Waals surface area (Å²) in [6.45, 7) is 6.66. The molecule has 2 aromatic rings. The van der Waals surface area contributed by atoms with Crippen molar-refractivity contribution < 1.29 is 0 Å². The van der Waals surface area contributed by atoms with E-state index in [2.05, 4.69) is 61.6 Å². The van der Waals surface area contributed by atoms with Gasteiger partial charge in [-0.15, -0.1) is 0 Å². The molecule has 1 N–H and O–H groups in total. The summed E-state index contributed by atoms with van der Waals surface area (Å²) in [6, 6.07) is 15.8. The zero-order valence-corrected chi connectivity index (χ0v) is 12.4. The molecule has 0 amide bonds. The van der Waals surface area contributed by atoms with Crippen LogP contribution >= 0.6 is 0 Å². The predicted molar refractivity (Wildman–Crippen MR) is 85.8 cm³/mol. The average Bonchev–Trinajstić information content (AvgIpc) is 2.46. The third-order valence-electron chi connectivity index (χ3n) is 4.03. The number of hydrogen-bond donors (Lipinski definition) is 1. The van der Waals surface area contributed by atoms with E-state index in [4.69, 9.17) is 0 Å². The smallest absolute Gasteiger partial charge is 0.0214 e. The SMILES string of the molecule is CC(C)Cc1cccc(-c2cccc3c2CNCC3)c1. The molecule has 0 aliphatic carbocycles. The lowest BCUT2D eigenvalue weighted by Gasteiger charge is -2.21. The van der Waals surface area contributed by atoms with Crippen LogP contribution in [0, 0.1) is 5.92 Å². The zero-order chi connectivity index (χ0) is 13.9. The average molecular weight is 265 g/mol. The summed E-state index contributed by atoms with van der Waals surface area (Å²) in [5, 5.41) is 3.50. The molecule has 1 aliphatic rings. The third kappa shape index (κ3) is 2.78. The number of benzene rings is 2. The van der Waals surface area contributed by atoms with E-state index in [0.717, 1.165) is 25.9 Å². The van der Waals surface area contributed by atoms with Gasteiger partial charge in [-0.05, 0) is 53.1 Å². The van der Waals surface area contributed by atoms with Crippen molar-refractivity contribution in [2.75, 3.05) is 6.54 Å². The summed E-state index contributed by atoms with van der Waals surface area (Å²) < 4.78 is 0. The second kappa shape index (κ2) is 5.80. The summed E-state index contributed by atoms with van der Waals surface area (Å²) >= 11 is 0. The molecule has 1 heteroatoms. The van der Waals surface area contributed by atoms with E-state index >= 15 is 0 Å². The first-order valence-corrected chi connectivity index (χ1v) is 7.65. The van der Waals surface area contributed by atoms with Crippen molar-refractivity contribution in [2.45, 2.75) is 33.2 Å². The Morgan fingerprint density at radius 1 is 1.10 bits per heavy atom. The van der Waals surface area contributed by atoms with Crippen molar-refractivity contribution in [2.24, 2.45) is 5.92 Å². The molecule has 0 saturated carbocycles. The van der Waals surface area contributed by atoms with E-state index in [0.29, 0.717) is 5.92 Å². The Morgan fingerprint density at radius 3 is 2.80 bits per heavy atom. The van der Waals surface area contributed by atoms with Gasteiger partial charge in [0.25, 0.3) is 0 Å². The van der Waals surface area contributed by atoms with Crippen LogP contribution in [0.3, 0.4) is 0 Å². The van der Waals surface area contributed by atoms with E-state index in [1.807, 2.05) is 0 Å². The fourth-order valence-electron chi connectivity index (χ4n) is 3.12. The van der Waals surface area contributed by atoms with Crippen LogP contribution < -0.4 is 5.32 Å². The first-order chi connectivity index (χ1) is 9.74. The van der Waals surface area contributed by atoms with Gasteiger partial charge >= 0.3 is 0 Å². The lowest BCUT2D eigenvalue weighted by Crippen LogP contribution is -2.24. The van der Waals surface area contributed by atoms with Crippen molar-refractivity contribution in [3.05, 3.63) is 59.2 Å². The molecule has 0 fully saturated rings. The van der Waals surface area contributed by atoms with Gasteiger partial charge < -0.3 is 5.32 Å². The molecular weight excluding hydrogens is 242 g/mol. The molecular formula is C19H23N. The lowest BCUT2D eigenvalue weighted by molar-refractivity contribution is 0.644. The molecule has 1 aliphatic heterocycles.